The number of carbonyl (C=O) groups excluding carboxylic acids is 1. The summed E-state index contributed by atoms with van der Waals surface area (Å²) in [7, 11) is 0. The van der Waals surface area contributed by atoms with E-state index in [4.69, 9.17) is 11.6 Å². The van der Waals surface area contributed by atoms with E-state index in [-0.39, 0.29) is 5.91 Å². The smallest absolute Gasteiger partial charge is 0.254 e. The number of hydrogen-bond acceptors (Lipinski definition) is 2. The Kier molecular flexibility index (Phi) is 4.08. The van der Waals surface area contributed by atoms with Gasteiger partial charge in [0.1, 0.15) is 0 Å². The van der Waals surface area contributed by atoms with Crippen molar-refractivity contribution in [2.75, 3.05) is 6.54 Å². The number of halogens is 1. The monoisotopic (exact) mass is 305 g/mol. The van der Waals surface area contributed by atoms with Gasteiger partial charge in [-0.2, -0.15) is 0 Å². The van der Waals surface area contributed by atoms with Gasteiger partial charge < -0.3 is 4.90 Å². The molecule has 1 amide bonds. The molecule has 1 aliphatic carbocycles. The van der Waals surface area contributed by atoms with Gasteiger partial charge in [0, 0.05) is 28.0 Å². The van der Waals surface area contributed by atoms with E-state index in [1.54, 1.807) is 23.5 Å². The zero-order valence-electron chi connectivity index (χ0n) is 11.1. The zero-order chi connectivity index (χ0) is 13.9. The summed E-state index contributed by atoms with van der Waals surface area (Å²) < 4.78 is 0. The SMILES string of the molecule is O=C(c1cccc(Cl)c1)N(CCc1cccs1)C1CC1. The van der Waals surface area contributed by atoms with Gasteiger partial charge >= 0.3 is 0 Å². The average Bonchev–Trinajstić information content (AvgIpc) is 3.14. The summed E-state index contributed by atoms with van der Waals surface area (Å²) in [5.74, 6) is 0.103. The fraction of sp³-hybridized carbons (Fsp3) is 0.312. The average molecular weight is 306 g/mol. The minimum Gasteiger partial charge on any atom is -0.335 e. The van der Waals surface area contributed by atoms with Crippen LogP contribution in [0.2, 0.25) is 5.02 Å². The quantitative estimate of drug-likeness (QED) is 0.808. The predicted octanol–water partition coefficient (Wildman–Crippen LogP) is 4.25. The van der Waals surface area contributed by atoms with Crippen molar-refractivity contribution in [1.82, 2.24) is 4.90 Å². The lowest BCUT2D eigenvalue weighted by Gasteiger charge is -2.22. The summed E-state index contributed by atoms with van der Waals surface area (Å²) >= 11 is 7.73. The van der Waals surface area contributed by atoms with Gasteiger partial charge in [-0.1, -0.05) is 23.7 Å². The minimum absolute atomic E-state index is 0.103. The Morgan fingerprint density at radius 1 is 1.30 bits per heavy atom. The molecular weight excluding hydrogens is 290 g/mol. The highest BCUT2D eigenvalue weighted by atomic mass is 35.5. The molecule has 0 N–H and O–H groups in total. The molecule has 2 aromatic rings. The van der Waals surface area contributed by atoms with Crippen LogP contribution < -0.4 is 0 Å². The van der Waals surface area contributed by atoms with E-state index in [1.165, 1.54) is 4.88 Å². The number of thiophene rings is 1. The highest BCUT2D eigenvalue weighted by molar-refractivity contribution is 7.09. The molecule has 1 aromatic carbocycles. The molecule has 1 heterocycles. The van der Waals surface area contributed by atoms with Crippen molar-refractivity contribution in [3.63, 3.8) is 0 Å². The van der Waals surface area contributed by atoms with Gasteiger partial charge in [0.25, 0.3) is 5.91 Å². The lowest BCUT2D eigenvalue weighted by Crippen LogP contribution is -2.34. The third-order valence-electron chi connectivity index (χ3n) is 3.50. The van der Waals surface area contributed by atoms with Crippen molar-refractivity contribution in [3.05, 3.63) is 57.2 Å². The number of benzene rings is 1. The van der Waals surface area contributed by atoms with Crippen LogP contribution in [0.25, 0.3) is 0 Å². The second kappa shape index (κ2) is 5.98. The van der Waals surface area contributed by atoms with E-state index in [1.807, 2.05) is 17.0 Å². The van der Waals surface area contributed by atoms with E-state index < -0.39 is 0 Å². The molecule has 1 saturated carbocycles. The summed E-state index contributed by atoms with van der Waals surface area (Å²) in [4.78, 5) is 15.9. The van der Waals surface area contributed by atoms with Crippen molar-refractivity contribution < 1.29 is 4.79 Å². The molecular formula is C16H16ClNOS. The molecule has 1 fully saturated rings. The molecule has 1 aromatic heterocycles. The molecule has 0 atom stereocenters. The molecule has 0 radical (unpaired) electrons. The van der Waals surface area contributed by atoms with Crippen LogP contribution >= 0.6 is 22.9 Å². The molecule has 104 valence electrons. The number of nitrogens with zero attached hydrogens (tertiary/aromatic N) is 1. The fourth-order valence-electron chi connectivity index (χ4n) is 2.31. The first-order valence-electron chi connectivity index (χ1n) is 6.83. The Morgan fingerprint density at radius 3 is 2.80 bits per heavy atom. The molecule has 0 aliphatic heterocycles. The predicted molar refractivity (Wildman–Crippen MR) is 83.5 cm³/mol. The normalized spacial score (nSPS) is 14.2. The van der Waals surface area contributed by atoms with Gasteiger partial charge in [-0.3, -0.25) is 4.79 Å². The standard InChI is InChI=1S/C16H16ClNOS/c17-13-4-1-3-12(11-13)16(19)18(14-6-7-14)9-8-15-5-2-10-20-15/h1-5,10-11,14H,6-9H2. The fourth-order valence-corrected chi connectivity index (χ4v) is 3.20. The maximum atomic E-state index is 12.6. The molecule has 0 bridgehead atoms. The Bertz CT molecular complexity index is 592. The lowest BCUT2D eigenvalue weighted by molar-refractivity contribution is 0.0745. The van der Waals surface area contributed by atoms with E-state index in [9.17, 15) is 4.79 Å². The summed E-state index contributed by atoms with van der Waals surface area (Å²) in [6, 6.07) is 11.8. The van der Waals surface area contributed by atoms with Crippen molar-refractivity contribution >= 4 is 28.8 Å². The third-order valence-corrected chi connectivity index (χ3v) is 4.67. The first kappa shape index (κ1) is 13.7. The largest absolute Gasteiger partial charge is 0.335 e. The summed E-state index contributed by atoms with van der Waals surface area (Å²) in [5.41, 5.74) is 0.690. The van der Waals surface area contributed by atoms with Crippen LogP contribution in [0, 0.1) is 0 Å². The third kappa shape index (κ3) is 3.22. The first-order chi connectivity index (χ1) is 9.74. The summed E-state index contributed by atoms with van der Waals surface area (Å²) in [6.07, 6.45) is 3.17. The Balaban J connectivity index is 1.71. The molecule has 2 nitrogen and oxygen atoms in total. The Morgan fingerprint density at radius 2 is 2.15 bits per heavy atom. The van der Waals surface area contributed by atoms with Crippen LogP contribution in [0.1, 0.15) is 28.1 Å². The van der Waals surface area contributed by atoms with Gasteiger partial charge in [0.2, 0.25) is 0 Å². The summed E-state index contributed by atoms with van der Waals surface area (Å²) in [6.45, 7) is 0.788. The van der Waals surface area contributed by atoms with E-state index >= 15 is 0 Å². The Labute approximate surface area is 128 Å². The lowest BCUT2D eigenvalue weighted by atomic mass is 10.2. The van der Waals surface area contributed by atoms with Crippen LogP contribution in [-0.2, 0) is 6.42 Å². The van der Waals surface area contributed by atoms with Crippen molar-refractivity contribution in [2.45, 2.75) is 25.3 Å². The molecule has 0 saturated heterocycles. The number of amides is 1. The Hall–Kier alpha value is -1.32. The molecule has 0 unspecified atom stereocenters. The van der Waals surface area contributed by atoms with Crippen LogP contribution in [0.4, 0.5) is 0 Å². The topological polar surface area (TPSA) is 20.3 Å². The molecule has 3 rings (SSSR count). The highest BCUT2D eigenvalue weighted by Gasteiger charge is 2.32. The van der Waals surface area contributed by atoms with Crippen LogP contribution in [-0.4, -0.2) is 23.4 Å². The number of hydrogen-bond donors (Lipinski definition) is 0. The van der Waals surface area contributed by atoms with Gasteiger partial charge in [-0.25, -0.2) is 0 Å². The maximum absolute atomic E-state index is 12.6. The van der Waals surface area contributed by atoms with Crippen molar-refractivity contribution in [1.29, 1.82) is 0 Å². The second-order valence-electron chi connectivity index (χ2n) is 5.07. The van der Waals surface area contributed by atoms with Gasteiger partial charge in [-0.05, 0) is 48.9 Å². The number of rotatable bonds is 5. The maximum Gasteiger partial charge on any atom is 0.254 e. The van der Waals surface area contributed by atoms with Crippen molar-refractivity contribution in [3.8, 4) is 0 Å². The number of carbonyl (C=O) groups is 1. The van der Waals surface area contributed by atoms with Crippen LogP contribution in [0.5, 0.6) is 0 Å². The van der Waals surface area contributed by atoms with Gasteiger partial charge in [0.05, 0.1) is 0 Å². The minimum atomic E-state index is 0.103. The van der Waals surface area contributed by atoms with Gasteiger partial charge in [-0.15, -0.1) is 11.3 Å². The highest BCUT2D eigenvalue weighted by Crippen LogP contribution is 2.29. The molecule has 0 spiro atoms. The zero-order valence-corrected chi connectivity index (χ0v) is 12.7. The van der Waals surface area contributed by atoms with Crippen LogP contribution in [0.15, 0.2) is 41.8 Å². The summed E-state index contributed by atoms with van der Waals surface area (Å²) in [5, 5.41) is 2.69. The first-order valence-corrected chi connectivity index (χ1v) is 8.09. The molecule has 20 heavy (non-hydrogen) atoms. The van der Waals surface area contributed by atoms with Gasteiger partial charge in [0.15, 0.2) is 0 Å². The van der Waals surface area contributed by atoms with E-state index in [0.29, 0.717) is 16.6 Å². The molecule has 1 aliphatic rings. The van der Waals surface area contributed by atoms with E-state index in [0.717, 1.165) is 25.8 Å². The van der Waals surface area contributed by atoms with Crippen LogP contribution in [0.3, 0.4) is 0 Å². The molecule has 4 heteroatoms. The van der Waals surface area contributed by atoms with Crippen molar-refractivity contribution in [2.24, 2.45) is 0 Å². The second-order valence-corrected chi connectivity index (χ2v) is 6.54. The van der Waals surface area contributed by atoms with E-state index in [2.05, 4.69) is 17.5 Å².